The molecule has 1 rings (SSSR count). The minimum absolute atomic E-state index is 0.0163. The molecular weight excluding hydrogens is 238 g/mol. The lowest BCUT2D eigenvalue weighted by Gasteiger charge is -2.20. The molecular formula is C16H25NO2. The Morgan fingerprint density at radius 1 is 1.32 bits per heavy atom. The zero-order valence-corrected chi connectivity index (χ0v) is 12.4. The van der Waals surface area contributed by atoms with Gasteiger partial charge in [-0.15, -0.1) is 0 Å². The zero-order chi connectivity index (χ0) is 14.5. The van der Waals surface area contributed by atoms with E-state index in [-0.39, 0.29) is 17.9 Å². The molecule has 0 atom stereocenters. The van der Waals surface area contributed by atoms with Crippen molar-refractivity contribution in [2.24, 2.45) is 0 Å². The molecule has 0 unspecified atom stereocenters. The van der Waals surface area contributed by atoms with E-state index in [9.17, 15) is 4.79 Å². The zero-order valence-electron chi connectivity index (χ0n) is 12.4. The number of hydrogen-bond donors (Lipinski definition) is 2. The SMILES string of the molecule is Cc1ccc(C(C)(C)C)cc1CC(=O)NCCCO. The standard InChI is InChI=1S/C16H25NO2/c1-12-6-7-14(16(2,3)4)10-13(12)11-15(19)17-8-5-9-18/h6-7,10,18H,5,8-9,11H2,1-4H3,(H,17,19). The van der Waals surface area contributed by atoms with Crippen LogP contribution in [0.25, 0.3) is 0 Å². The van der Waals surface area contributed by atoms with Crippen molar-refractivity contribution >= 4 is 5.91 Å². The van der Waals surface area contributed by atoms with E-state index >= 15 is 0 Å². The van der Waals surface area contributed by atoms with Gasteiger partial charge in [-0.25, -0.2) is 0 Å². The van der Waals surface area contributed by atoms with Crippen molar-refractivity contribution in [2.75, 3.05) is 13.2 Å². The second kappa shape index (κ2) is 6.71. The Morgan fingerprint density at radius 3 is 2.58 bits per heavy atom. The third-order valence-corrected chi connectivity index (χ3v) is 3.22. The average molecular weight is 263 g/mol. The molecule has 1 aromatic carbocycles. The third-order valence-electron chi connectivity index (χ3n) is 3.22. The van der Waals surface area contributed by atoms with Gasteiger partial charge in [0.15, 0.2) is 0 Å². The van der Waals surface area contributed by atoms with E-state index in [2.05, 4.69) is 44.3 Å². The van der Waals surface area contributed by atoms with Crippen molar-refractivity contribution in [2.45, 2.75) is 46.0 Å². The monoisotopic (exact) mass is 263 g/mol. The van der Waals surface area contributed by atoms with Crippen molar-refractivity contribution in [1.29, 1.82) is 0 Å². The first-order valence-corrected chi connectivity index (χ1v) is 6.82. The Morgan fingerprint density at radius 2 is 2.00 bits per heavy atom. The van der Waals surface area contributed by atoms with Crippen molar-refractivity contribution in [1.82, 2.24) is 5.32 Å². The molecule has 3 nitrogen and oxygen atoms in total. The van der Waals surface area contributed by atoms with Crippen LogP contribution in [0.5, 0.6) is 0 Å². The molecule has 0 aliphatic rings. The summed E-state index contributed by atoms with van der Waals surface area (Å²) in [5.41, 5.74) is 3.56. The van der Waals surface area contributed by atoms with Crippen LogP contribution in [0.3, 0.4) is 0 Å². The van der Waals surface area contributed by atoms with E-state index in [0.717, 1.165) is 11.1 Å². The van der Waals surface area contributed by atoms with Crippen LogP contribution >= 0.6 is 0 Å². The van der Waals surface area contributed by atoms with E-state index in [1.807, 2.05) is 6.92 Å². The van der Waals surface area contributed by atoms with Crippen LogP contribution in [0.2, 0.25) is 0 Å². The molecule has 106 valence electrons. The minimum Gasteiger partial charge on any atom is -0.396 e. The first-order chi connectivity index (χ1) is 8.84. The molecule has 0 aromatic heterocycles. The number of aliphatic hydroxyl groups is 1. The molecule has 0 radical (unpaired) electrons. The molecule has 3 heteroatoms. The molecule has 1 aromatic rings. The first-order valence-electron chi connectivity index (χ1n) is 6.82. The number of aryl methyl sites for hydroxylation is 1. The largest absolute Gasteiger partial charge is 0.396 e. The summed E-state index contributed by atoms with van der Waals surface area (Å²) in [7, 11) is 0. The highest BCUT2D eigenvalue weighted by Gasteiger charge is 2.15. The molecule has 0 saturated carbocycles. The first kappa shape index (κ1) is 15.7. The van der Waals surface area contributed by atoms with Gasteiger partial charge >= 0.3 is 0 Å². The van der Waals surface area contributed by atoms with Gasteiger partial charge in [-0.2, -0.15) is 0 Å². The number of amides is 1. The molecule has 0 fully saturated rings. The van der Waals surface area contributed by atoms with Crippen LogP contribution in [0.4, 0.5) is 0 Å². The number of rotatable bonds is 5. The normalized spacial score (nSPS) is 11.4. The number of carbonyl (C=O) groups excluding carboxylic acids is 1. The Balaban J connectivity index is 2.74. The fourth-order valence-electron chi connectivity index (χ4n) is 1.87. The van der Waals surface area contributed by atoms with Crippen molar-refractivity contribution < 1.29 is 9.90 Å². The highest BCUT2D eigenvalue weighted by Crippen LogP contribution is 2.24. The fraction of sp³-hybridized carbons (Fsp3) is 0.562. The summed E-state index contributed by atoms with van der Waals surface area (Å²) in [5.74, 6) is 0.0163. The highest BCUT2D eigenvalue weighted by atomic mass is 16.3. The molecule has 0 spiro atoms. The van der Waals surface area contributed by atoms with Crippen LogP contribution in [-0.2, 0) is 16.6 Å². The van der Waals surface area contributed by atoms with E-state index in [4.69, 9.17) is 5.11 Å². The Labute approximate surface area is 116 Å². The molecule has 19 heavy (non-hydrogen) atoms. The third kappa shape index (κ3) is 5.03. The van der Waals surface area contributed by atoms with Gasteiger partial charge in [-0.3, -0.25) is 4.79 Å². The lowest BCUT2D eigenvalue weighted by atomic mass is 9.85. The highest BCUT2D eigenvalue weighted by molar-refractivity contribution is 5.79. The van der Waals surface area contributed by atoms with Gasteiger partial charge in [0.2, 0.25) is 5.91 Å². The molecule has 0 aliphatic carbocycles. The maximum atomic E-state index is 11.8. The van der Waals surface area contributed by atoms with Gasteiger partial charge in [0.1, 0.15) is 0 Å². The maximum absolute atomic E-state index is 11.8. The Kier molecular flexibility index (Phi) is 5.55. The van der Waals surface area contributed by atoms with E-state index in [0.29, 0.717) is 19.4 Å². The summed E-state index contributed by atoms with van der Waals surface area (Å²) in [4.78, 5) is 11.8. The lowest BCUT2D eigenvalue weighted by Crippen LogP contribution is -2.27. The second-order valence-corrected chi connectivity index (χ2v) is 6.00. The lowest BCUT2D eigenvalue weighted by molar-refractivity contribution is -0.120. The minimum atomic E-state index is 0.0163. The summed E-state index contributed by atoms with van der Waals surface area (Å²) in [6.07, 6.45) is 1.01. The van der Waals surface area contributed by atoms with Gasteiger partial charge < -0.3 is 10.4 Å². The van der Waals surface area contributed by atoms with Crippen LogP contribution in [-0.4, -0.2) is 24.2 Å². The van der Waals surface area contributed by atoms with E-state index in [1.165, 1.54) is 5.56 Å². The summed E-state index contributed by atoms with van der Waals surface area (Å²) in [6.45, 7) is 9.18. The molecule has 0 aliphatic heterocycles. The molecule has 0 heterocycles. The summed E-state index contributed by atoms with van der Waals surface area (Å²) < 4.78 is 0. The molecule has 0 bridgehead atoms. The quantitative estimate of drug-likeness (QED) is 0.801. The predicted octanol–water partition coefficient (Wildman–Crippen LogP) is 2.33. The van der Waals surface area contributed by atoms with Crippen LogP contribution in [0.1, 0.15) is 43.9 Å². The number of benzene rings is 1. The van der Waals surface area contributed by atoms with Crippen molar-refractivity contribution in [3.8, 4) is 0 Å². The Hall–Kier alpha value is -1.35. The summed E-state index contributed by atoms with van der Waals surface area (Å²) in [5, 5.41) is 11.5. The van der Waals surface area contributed by atoms with Gasteiger partial charge in [-0.05, 0) is 35.4 Å². The molecule has 2 N–H and O–H groups in total. The van der Waals surface area contributed by atoms with Gasteiger partial charge in [0.05, 0.1) is 6.42 Å². The number of carbonyl (C=O) groups is 1. The fourth-order valence-corrected chi connectivity index (χ4v) is 1.87. The van der Waals surface area contributed by atoms with E-state index < -0.39 is 0 Å². The van der Waals surface area contributed by atoms with Crippen LogP contribution in [0, 0.1) is 6.92 Å². The smallest absolute Gasteiger partial charge is 0.224 e. The molecule has 1 amide bonds. The van der Waals surface area contributed by atoms with Crippen LogP contribution in [0.15, 0.2) is 18.2 Å². The number of nitrogens with one attached hydrogen (secondary N) is 1. The summed E-state index contributed by atoms with van der Waals surface area (Å²) in [6, 6.07) is 6.33. The predicted molar refractivity (Wildman–Crippen MR) is 78.3 cm³/mol. The second-order valence-electron chi connectivity index (χ2n) is 6.00. The molecule has 0 saturated heterocycles. The van der Waals surface area contributed by atoms with Crippen molar-refractivity contribution in [3.63, 3.8) is 0 Å². The van der Waals surface area contributed by atoms with E-state index in [1.54, 1.807) is 0 Å². The summed E-state index contributed by atoms with van der Waals surface area (Å²) >= 11 is 0. The van der Waals surface area contributed by atoms with Gasteiger partial charge in [-0.1, -0.05) is 39.0 Å². The maximum Gasteiger partial charge on any atom is 0.224 e. The average Bonchev–Trinajstić information content (AvgIpc) is 2.31. The van der Waals surface area contributed by atoms with Gasteiger partial charge in [0.25, 0.3) is 0 Å². The number of aliphatic hydroxyl groups excluding tert-OH is 1. The topological polar surface area (TPSA) is 49.3 Å². The van der Waals surface area contributed by atoms with Crippen molar-refractivity contribution in [3.05, 3.63) is 34.9 Å². The van der Waals surface area contributed by atoms with Crippen LogP contribution < -0.4 is 5.32 Å². The number of hydrogen-bond acceptors (Lipinski definition) is 2. The Bertz CT molecular complexity index is 433. The van der Waals surface area contributed by atoms with Gasteiger partial charge in [0, 0.05) is 13.2 Å².